The Morgan fingerprint density at radius 1 is 0.688 bits per heavy atom. The number of anilines is 1. The Bertz CT molecular complexity index is 4230. The number of pyridine rings is 1. The Morgan fingerprint density at radius 2 is 1.34 bits per heavy atom. The van der Waals surface area contributed by atoms with Crippen molar-refractivity contribution in [3.63, 3.8) is 0 Å². The second-order valence-corrected chi connectivity index (χ2v) is 36.2. The van der Waals surface area contributed by atoms with Gasteiger partial charge in [0, 0.05) is 106 Å². The van der Waals surface area contributed by atoms with Gasteiger partial charge >= 0.3 is 5.97 Å². The molecule has 0 unspecified atom stereocenters. The van der Waals surface area contributed by atoms with Crippen LogP contribution in [0.4, 0.5) is 5.82 Å². The highest BCUT2D eigenvalue weighted by molar-refractivity contribution is 7.91. The number of nitrogen functional groups attached to an aromatic ring is 1. The van der Waals surface area contributed by atoms with E-state index in [0.717, 1.165) is 27.2 Å². The van der Waals surface area contributed by atoms with Crippen LogP contribution in [-0.4, -0.2) is 309 Å². The lowest BCUT2D eigenvalue weighted by atomic mass is 9.80. The van der Waals surface area contributed by atoms with Crippen molar-refractivity contribution in [1.29, 1.82) is 0 Å². The van der Waals surface area contributed by atoms with Crippen LogP contribution in [0.3, 0.4) is 0 Å². The van der Waals surface area contributed by atoms with Crippen LogP contribution < -0.4 is 26.8 Å². The molecule has 35 heteroatoms. The summed E-state index contributed by atoms with van der Waals surface area (Å²) in [6.07, 6.45) is 9.48. The smallest absolute Gasteiger partial charge is 0.329 e. The third kappa shape index (κ3) is 33.9. The van der Waals surface area contributed by atoms with Crippen LogP contribution in [-0.2, 0) is 102 Å². The van der Waals surface area contributed by atoms with E-state index in [9.17, 15) is 57.6 Å². The van der Waals surface area contributed by atoms with Crippen LogP contribution in [0.1, 0.15) is 146 Å². The molecular formula is C93H139N7O26S2. The highest BCUT2D eigenvalue weighted by Gasteiger charge is 2.53. The van der Waals surface area contributed by atoms with Crippen molar-refractivity contribution >= 4 is 68.3 Å². The number of ketones is 2. The summed E-state index contributed by atoms with van der Waals surface area (Å²) in [5.41, 5.74) is 17.4. The largest absolute Gasteiger partial charge is 0.491 e. The molecule has 714 valence electrons. The predicted molar refractivity (Wildman–Crippen MR) is 481 cm³/mol. The second kappa shape index (κ2) is 55.0. The number of aromatic nitrogens is 1. The number of hydrogen-bond acceptors (Lipinski definition) is 30. The van der Waals surface area contributed by atoms with E-state index < -0.39 is 118 Å². The zero-order chi connectivity index (χ0) is 92.7. The molecule has 10 N–H and O–H groups in total. The van der Waals surface area contributed by atoms with Gasteiger partial charge in [-0.2, -0.15) is 0 Å². The fraction of sp³-hybridized carbons (Fsp3) is 0.656. The van der Waals surface area contributed by atoms with E-state index in [-0.39, 0.29) is 97.0 Å². The normalized spacial score (nSPS) is 27.4. The van der Waals surface area contributed by atoms with Gasteiger partial charge in [0.2, 0.25) is 11.7 Å². The highest BCUT2D eigenvalue weighted by atomic mass is 32.2. The maximum atomic E-state index is 14.7. The number of methoxy groups -OCH3 is 2. The van der Waals surface area contributed by atoms with E-state index in [1.54, 1.807) is 72.1 Å². The topological polar surface area (TPSA) is 442 Å². The fourth-order valence-electron chi connectivity index (χ4n) is 16.2. The molecule has 4 aliphatic heterocycles. The number of carbonyl (C=O) groups excluding carboxylic acids is 6. The van der Waals surface area contributed by atoms with Crippen LogP contribution in [0.2, 0.25) is 0 Å². The van der Waals surface area contributed by atoms with Crippen molar-refractivity contribution in [2.45, 2.75) is 210 Å². The minimum absolute atomic E-state index is 0.0252. The minimum atomic E-state index is -3.78. The minimum Gasteiger partial charge on any atom is -0.491 e. The van der Waals surface area contributed by atoms with Crippen molar-refractivity contribution < 1.29 is 124 Å². The first-order chi connectivity index (χ1) is 61.4. The number of nitrogens with zero attached hydrogens (tertiary/aromatic N) is 3. The average molecular weight is 1840 g/mol. The van der Waals surface area contributed by atoms with E-state index >= 15 is 0 Å². The number of hydrogen-bond donors (Lipinski definition) is 8. The Hall–Kier alpha value is -7.63. The number of aliphatic hydroxyl groups excluding tert-OH is 3. The third-order valence-corrected chi connectivity index (χ3v) is 25.9. The molecular weight excluding hydrogens is 1700 g/mol. The van der Waals surface area contributed by atoms with Gasteiger partial charge in [-0.1, -0.05) is 70.2 Å². The van der Waals surface area contributed by atoms with Gasteiger partial charge in [-0.05, 0) is 174 Å². The van der Waals surface area contributed by atoms with Crippen molar-refractivity contribution in [2.75, 3.05) is 164 Å². The number of aryl methyl sites for hydroxylation is 1. The molecule has 0 radical (unpaired) electrons. The summed E-state index contributed by atoms with van der Waals surface area (Å²) in [5, 5.41) is 52.5. The van der Waals surface area contributed by atoms with Crippen molar-refractivity contribution in [1.82, 2.24) is 25.4 Å². The number of fused-ring (bicyclic) bond motifs is 4. The molecule has 2 bridgehead atoms. The number of piperidine rings is 1. The summed E-state index contributed by atoms with van der Waals surface area (Å²) in [6.45, 7) is 18.8. The van der Waals surface area contributed by atoms with Gasteiger partial charge < -0.3 is 119 Å². The standard InChI is InChI=1S/C93H139N7O26S2/c1-61-15-11-10-12-16-62(2)80(113-8)57-72-22-18-67(7)93(110,126-72)88(106)90(108)100-31-14-13-17-76(100)91(109)124-81(58-77(101)64(4)52-66(6)86(104)87(105)85(103)65(5)51-61)75(94)54-68-19-25-79(82(55-68)114-9)125-92(127)97-29-34-116-37-39-118-41-43-120-45-47-122-49-48-121-46-44-119-42-40-117-38-36-115-33-28-84(102)96-30-50-128(111,112)73-23-24-74(63(3)53-73)89(107)99-32-35-123-78-26-20-69(56-71(78)60-99)70-21-27-83(95)98-59-70/h10-12,15-16,20-21,23-24,26-27,52-53,56,59,61,64-65,67-68,72,75-77,79-82,86-87,101,104-105,110H,13-14,17-19,22,25,28-51,54-55,57-58,60,94H2,1-9H3,(H2,95,98)(H,96,102)(H,97,127)/b12-10+,15-11+,62-16+,66-52+/t61-,64-,65-,67-,68+,72+,75-,76+,77-,79-,80+,81+,82-,86-,87+,93-/m1/s1. The van der Waals surface area contributed by atoms with Crippen LogP contribution in [0.15, 0.2) is 107 Å². The first kappa shape index (κ1) is 106. The molecule has 1 saturated carbocycles. The number of benzene rings is 2. The molecule has 33 nitrogen and oxygen atoms in total. The van der Waals surface area contributed by atoms with Gasteiger partial charge in [-0.25, -0.2) is 18.2 Å². The quantitative estimate of drug-likeness (QED) is 0.00935. The Morgan fingerprint density at radius 3 is 1.97 bits per heavy atom. The highest BCUT2D eigenvalue weighted by Crippen LogP contribution is 2.39. The van der Waals surface area contributed by atoms with Crippen LogP contribution >= 0.6 is 12.2 Å². The summed E-state index contributed by atoms with van der Waals surface area (Å²) in [7, 11) is -0.644. The zero-order valence-corrected chi connectivity index (χ0v) is 77.5. The van der Waals surface area contributed by atoms with Crippen molar-refractivity contribution in [2.24, 2.45) is 35.3 Å². The number of ether oxygens (including phenoxy) is 14. The van der Waals surface area contributed by atoms with Crippen LogP contribution in [0.5, 0.6) is 5.75 Å². The zero-order valence-electron chi connectivity index (χ0n) is 75.9. The van der Waals surface area contributed by atoms with Gasteiger partial charge in [-0.3, -0.25) is 24.0 Å². The van der Waals surface area contributed by atoms with E-state index in [1.807, 2.05) is 68.5 Å². The van der Waals surface area contributed by atoms with Crippen LogP contribution in [0, 0.1) is 36.5 Å². The van der Waals surface area contributed by atoms with Crippen molar-refractivity contribution in [3.8, 4) is 16.9 Å². The van der Waals surface area contributed by atoms with Gasteiger partial charge in [0.15, 0.2) is 15.6 Å². The number of amides is 3. The number of allylic oxidation sites excluding steroid dienone is 5. The molecule has 2 saturated heterocycles. The molecule has 5 heterocycles. The van der Waals surface area contributed by atoms with Crippen molar-refractivity contribution in [3.05, 3.63) is 119 Å². The molecule has 8 rings (SSSR count). The Kier molecular flexibility index (Phi) is 45.4. The van der Waals surface area contributed by atoms with Gasteiger partial charge in [-0.15, -0.1) is 0 Å². The fourth-order valence-corrected chi connectivity index (χ4v) is 17.7. The summed E-state index contributed by atoms with van der Waals surface area (Å²) in [6, 6.07) is 11.7. The molecule has 3 amide bonds. The van der Waals surface area contributed by atoms with E-state index in [0.29, 0.717) is 199 Å². The van der Waals surface area contributed by atoms with Gasteiger partial charge in [0.05, 0.1) is 147 Å². The third-order valence-electron chi connectivity index (χ3n) is 23.9. The molecule has 1 aliphatic carbocycles. The monoisotopic (exact) mass is 1830 g/mol. The first-order valence-corrected chi connectivity index (χ1v) is 47.0. The summed E-state index contributed by atoms with van der Waals surface area (Å²) >= 11 is 5.58. The lowest BCUT2D eigenvalue weighted by molar-refractivity contribution is -0.265. The maximum absolute atomic E-state index is 14.7. The molecule has 3 aromatic rings. The number of esters is 1. The molecule has 2 aromatic carbocycles. The second-order valence-electron chi connectivity index (χ2n) is 33.7. The molecule has 3 fully saturated rings. The molecule has 1 aromatic heterocycles. The number of sulfone groups is 1. The number of rotatable bonds is 39. The Balaban J connectivity index is 0.638. The Labute approximate surface area is 759 Å². The SMILES string of the molecule is CO[C@H]1C[C@@H]2CC[C@@H](C)[C@@](O)(O2)C(=O)C(=O)N2CCCC[C@H]2C(=O)O[C@H]([C@H](N)C[C@@H]2CC[C@@H](OC(=S)NCCOCCOCCOCCOCCOCCOCCOCCOCCC(=O)NCCS(=O)(=O)c3ccc(C(=O)N4CCOc5ccc(-c6ccc(N)nc6)cc5C4)c(C)c3)[C@H](OC)C2)C[C@@H](O)[C@H](C)/C=C(\C)[C@@H](O)[C@@H](O)C(=O)[C@H](C)C[C@H](C)/C=C/C=C/C=C/1C. The van der Waals surface area contributed by atoms with E-state index in [1.165, 1.54) is 18.2 Å². The molecule has 0 spiro atoms. The summed E-state index contributed by atoms with van der Waals surface area (Å²) < 4.78 is 108. The summed E-state index contributed by atoms with van der Waals surface area (Å²) in [5.74, 6) is -8.18. The predicted octanol–water partition coefficient (Wildman–Crippen LogP) is 7.01. The molecule has 16 atom stereocenters. The number of carbonyl (C=O) groups is 6. The number of cyclic esters (lactones) is 1. The first-order valence-electron chi connectivity index (χ1n) is 44.9. The van der Waals surface area contributed by atoms with E-state index in [2.05, 4.69) is 15.6 Å². The number of thiocarbonyl (C=S) groups is 1. The number of nitrogens with one attached hydrogen (secondary N) is 2. The number of aliphatic hydroxyl groups is 4. The molecule has 128 heavy (non-hydrogen) atoms. The number of nitrogens with two attached hydrogens (primary N) is 2. The maximum Gasteiger partial charge on any atom is 0.329 e. The number of Topliss-reactive ketones (excluding diaryl/α,β-unsaturated/α-hetero) is 2. The van der Waals surface area contributed by atoms with Gasteiger partial charge in [0.1, 0.15) is 48.6 Å². The summed E-state index contributed by atoms with van der Waals surface area (Å²) in [4.78, 5) is 90.6. The van der Waals surface area contributed by atoms with Gasteiger partial charge in [0.25, 0.3) is 22.8 Å². The lowest BCUT2D eigenvalue weighted by Gasteiger charge is -2.43. The average Bonchev–Trinajstić information content (AvgIpc) is 0.807. The lowest BCUT2D eigenvalue weighted by Crippen LogP contribution is -2.61. The van der Waals surface area contributed by atoms with E-state index in [4.69, 9.17) is 90.0 Å². The van der Waals surface area contributed by atoms with Crippen LogP contribution in [0.25, 0.3) is 11.1 Å². The molecule has 5 aliphatic rings.